The highest BCUT2D eigenvalue weighted by molar-refractivity contribution is 7.00. The topological polar surface area (TPSA) is 19.2 Å². The zero-order valence-electron chi connectivity index (χ0n) is 53.0. The van der Waals surface area contributed by atoms with E-state index in [-0.39, 0.29) is 47.3 Å². The van der Waals surface area contributed by atoms with Crippen molar-refractivity contribution in [1.82, 2.24) is 18.1 Å². The normalized spacial score (nSPS) is 14.1. The van der Waals surface area contributed by atoms with Gasteiger partial charge in [-0.05, 0) is 138 Å². The Morgan fingerprint density at radius 3 is 1.52 bits per heavy atom. The zero-order valence-corrected chi connectivity index (χ0v) is 48.0. The van der Waals surface area contributed by atoms with Crippen LogP contribution in [-0.4, -0.2) is 24.8 Å². The van der Waals surface area contributed by atoms with E-state index in [0.29, 0.717) is 5.56 Å². The second kappa shape index (κ2) is 16.4. The molecule has 0 saturated carbocycles. The second-order valence-electron chi connectivity index (χ2n) is 26.0. The van der Waals surface area contributed by atoms with Gasteiger partial charge in [-0.25, -0.2) is 0 Å². The van der Waals surface area contributed by atoms with Gasteiger partial charge in [0.05, 0.1) is 51.2 Å². The highest BCUT2D eigenvalue weighted by atomic mass is 15.1. The minimum atomic E-state index is -0.409. The van der Waals surface area contributed by atoms with Gasteiger partial charge in [0.2, 0.25) is 0 Å². The second-order valence-corrected chi connectivity index (χ2v) is 26.0. The maximum Gasteiger partial charge on any atom is 0.252 e. The van der Waals surface area contributed by atoms with Crippen molar-refractivity contribution in [3.05, 3.63) is 248 Å². The van der Waals surface area contributed by atoms with Gasteiger partial charge >= 0.3 is 0 Å². The summed E-state index contributed by atoms with van der Waals surface area (Å²) in [4.78, 5) is 0. The third kappa shape index (κ3) is 6.17. The maximum absolute atomic E-state index is 9.33. The SMILES string of the molecule is [2H]c1c([2H])c([2H])c(-c2ccc3c(c2)c2cc(-n4c5ccc(C(C)(C)C)cc5c5cc(C(C)(C)C)ccc54)cc4c2n3-c2cc3c(c5c2B4c2cccc4c6ccccc6n-5c24)c2cccc4c5ccccc5c5ccccc5c5ccccc5n3c42)c([2H])c1[2H]. The number of hydrogen-bond donors (Lipinski definition) is 0. The summed E-state index contributed by atoms with van der Waals surface area (Å²) in [5, 5.41) is 16.1. The molecule has 0 saturated heterocycles. The molecule has 2 aliphatic rings. The molecule has 0 unspecified atom stereocenters. The van der Waals surface area contributed by atoms with Gasteiger partial charge in [0.1, 0.15) is 0 Å². The lowest BCUT2D eigenvalue weighted by atomic mass is 9.34. The van der Waals surface area contributed by atoms with Crippen molar-refractivity contribution in [3.8, 4) is 28.2 Å². The Kier molecular flexibility index (Phi) is 8.22. The van der Waals surface area contributed by atoms with E-state index < -0.39 is 6.04 Å². The van der Waals surface area contributed by atoms with Gasteiger partial charge in [-0.2, -0.15) is 0 Å². The van der Waals surface area contributed by atoms with Crippen LogP contribution < -0.4 is 16.4 Å². The molecule has 5 heteroatoms. The summed E-state index contributed by atoms with van der Waals surface area (Å²) in [5.74, 6) is 0. The van der Waals surface area contributed by atoms with Crippen LogP contribution in [0.25, 0.3) is 153 Å². The van der Waals surface area contributed by atoms with E-state index in [1.54, 1.807) is 0 Å². The summed E-state index contributed by atoms with van der Waals surface area (Å²) in [6, 6.07) is 75.5. The minimum absolute atomic E-state index is 0.0865. The Bertz CT molecular complexity index is 6160. The lowest BCUT2D eigenvalue weighted by Crippen LogP contribution is -2.59. The Hall–Kier alpha value is -10.1. The molecule has 400 valence electrons. The molecule has 4 nitrogen and oxygen atoms in total. The van der Waals surface area contributed by atoms with Gasteiger partial charge in [-0.1, -0.05) is 211 Å². The summed E-state index contributed by atoms with van der Waals surface area (Å²) < 4.78 is 55.2. The van der Waals surface area contributed by atoms with E-state index in [4.69, 9.17) is 4.11 Å². The molecule has 85 heavy (non-hydrogen) atoms. The van der Waals surface area contributed by atoms with E-state index in [0.717, 1.165) is 82.7 Å². The van der Waals surface area contributed by atoms with Crippen molar-refractivity contribution in [1.29, 1.82) is 0 Å². The van der Waals surface area contributed by atoms with Gasteiger partial charge in [-0.3, -0.25) is 0 Å². The summed E-state index contributed by atoms with van der Waals surface area (Å²) >= 11 is 0. The van der Waals surface area contributed by atoms with Crippen molar-refractivity contribution in [3.63, 3.8) is 0 Å². The molecule has 0 N–H and O–H groups in total. The van der Waals surface area contributed by atoms with Gasteiger partial charge in [0, 0.05) is 76.3 Å². The van der Waals surface area contributed by atoms with Crippen LogP contribution in [0.2, 0.25) is 0 Å². The van der Waals surface area contributed by atoms with Crippen LogP contribution in [0, 0.1) is 0 Å². The van der Waals surface area contributed by atoms with Crippen molar-refractivity contribution in [2.45, 2.75) is 52.4 Å². The van der Waals surface area contributed by atoms with Crippen LogP contribution in [0.15, 0.2) is 236 Å². The number of para-hydroxylation sites is 4. The Labute approximate surface area is 498 Å². The van der Waals surface area contributed by atoms with Crippen LogP contribution in [0.1, 0.15) is 59.5 Å². The average molecular weight is 1090 g/mol. The first-order chi connectivity index (χ1) is 43.5. The summed E-state index contributed by atoms with van der Waals surface area (Å²) in [6.45, 7) is 13.5. The first-order valence-electron chi connectivity index (χ1n) is 32.3. The molecule has 5 aromatic heterocycles. The van der Waals surface area contributed by atoms with Crippen LogP contribution in [0.5, 0.6) is 0 Å². The lowest BCUT2D eigenvalue weighted by Gasteiger charge is -2.34. The number of aromatic nitrogens is 4. The quantitative estimate of drug-likeness (QED) is 0.154. The molecule has 0 spiro atoms. The Morgan fingerprint density at radius 1 is 0.341 bits per heavy atom. The summed E-state index contributed by atoms with van der Waals surface area (Å²) in [6.07, 6.45) is 0. The summed E-state index contributed by atoms with van der Waals surface area (Å²) in [7, 11) is 0. The monoisotopic (exact) mass is 1090 g/mol. The van der Waals surface area contributed by atoms with Crippen LogP contribution >= 0.6 is 0 Å². The Balaban J connectivity index is 1.05. The van der Waals surface area contributed by atoms with E-state index in [2.05, 4.69) is 260 Å². The fraction of sp³-hybridized carbons (Fsp3) is 0.100. The predicted molar refractivity (Wildman–Crippen MR) is 364 cm³/mol. The molecular weight excluding hydrogens is 1030 g/mol. The molecule has 0 radical (unpaired) electrons. The maximum atomic E-state index is 9.33. The third-order valence-electron chi connectivity index (χ3n) is 19.5. The molecule has 0 bridgehead atoms. The van der Waals surface area contributed by atoms with Crippen molar-refractivity contribution < 1.29 is 6.85 Å². The van der Waals surface area contributed by atoms with Crippen molar-refractivity contribution >= 4 is 148 Å². The molecule has 2 aliphatic heterocycles. The molecule has 0 aliphatic carbocycles. The number of hydrogen-bond acceptors (Lipinski definition) is 0. The number of benzene rings is 12. The standard InChI is InChI=1S/C80H57BN4/c1-79(2,3)48-35-38-68-61(41-48)62-42-49(80(4,5)6)36-39-69(62)82(68)50-43-63-60-40-47(46-20-8-7-9-21-46)34-37-70(60)84-72-45-71-73(78-74(72)81(65(44-50)77(63)84)64-31-19-29-58-56-27-15-17-33-67(56)85(78)76(58)64)59-30-18-28-57-54-25-13-11-23-52(54)51-22-10-12-24-53(51)55-26-14-16-32-66(55)83(71)75(57)59/h7-45H,1-6H3/i7D,8D,9D,20D,21D. The average Bonchev–Trinajstić information content (AvgIpc) is 1.45. The molecular formula is C80H57BN4. The summed E-state index contributed by atoms with van der Waals surface area (Å²) in [5.41, 5.74) is 19.9. The predicted octanol–water partition coefficient (Wildman–Crippen LogP) is 19.0. The van der Waals surface area contributed by atoms with E-state index in [9.17, 15) is 2.74 Å². The van der Waals surface area contributed by atoms with Crippen LogP contribution in [-0.2, 0) is 10.8 Å². The number of rotatable bonds is 2. The molecule has 0 amide bonds. The molecule has 17 aromatic rings. The van der Waals surface area contributed by atoms with Gasteiger partial charge in [0.15, 0.2) is 0 Å². The van der Waals surface area contributed by atoms with Crippen molar-refractivity contribution in [2.24, 2.45) is 0 Å². The zero-order chi connectivity index (χ0) is 60.9. The van der Waals surface area contributed by atoms with E-state index >= 15 is 0 Å². The highest BCUT2D eigenvalue weighted by Gasteiger charge is 2.43. The molecule has 19 rings (SSSR count). The molecule has 0 atom stereocenters. The fourth-order valence-electron chi connectivity index (χ4n) is 15.7. The third-order valence-corrected chi connectivity index (χ3v) is 19.5. The fourth-order valence-corrected chi connectivity index (χ4v) is 15.7. The van der Waals surface area contributed by atoms with Gasteiger partial charge < -0.3 is 18.1 Å². The first kappa shape index (κ1) is 42.7. The largest absolute Gasteiger partial charge is 0.310 e. The van der Waals surface area contributed by atoms with Gasteiger partial charge in [0.25, 0.3) is 6.71 Å². The Morgan fingerprint density at radius 2 is 0.847 bits per heavy atom. The smallest absolute Gasteiger partial charge is 0.252 e. The van der Waals surface area contributed by atoms with Crippen LogP contribution in [0.3, 0.4) is 0 Å². The van der Waals surface area contributed by atoms with Crippen molar-refractivity contribution in [2.75, 3.05) is 0 Å². The van der Waals surface area contributed by atoms with E-state index in [1.807, 2.05) is 6.07 Å². The molecule has 12 aromatic carbocycles. The minimum Gasteiger partial charge on any atom is -0.310 e. The number of nitrogens with zero attached hydrogens (tertiary/aromatic N) is 4. The highest BCUT2D eigenvalue weighted by Crippen LogP contribution is 2.48. The first-order valence-corrected chi connectivity index (χ1v) is 29.8. The number of fused-ring (bicyclic) bond motifs is 24. The molecule has 7 heterocycles. The van der Waals surface area contributed by atoms with E-state index in [1.165, 1.54) is 86.9 Å². The molecule has 0 fully saturated rings. The lowest BCUT2D eigenvalue weighted by molar-refractivity contribution is 0.590. The van der Waals surface area contributed by atoms with Crippen LogP contribution in [0.4, 0.5) is 0 Å². The van der Waals surface area contributed by atoms with Gasteiger partial charge in [-0.15, -0.1) is 0 Å².